The van der Waals surface area contributed by atoms with E-state index in [0.29, 0.717) is 12.2 Å². The van der Waals surface area contributed by atoms with Crippen LogP contribution in [0.2, 0.25) is 5.02 Å². The molecule has 1 fully saturated rings. The van der Waals surface area contributed by atoms with Crippen LogP contribution in [0.1, 0.15) is 12.8 Å². The summed E-state index contributed by atoms with van der Waals surface area (Å²) in [5, 5.41) is 3.47. The van der Waals surface area contributed by atoms with E-state index >= 15 is 0 Å². The maximum absolute atomic E-state index is 12.9. The molecule has 1 amide bonds. The average Bonchev–Trinajstić information content (AvgIpc) is 2.70. The van der Waals surface area contributed by atoms with Crippen molar-refractivity contribution in [1.29, 1.82) is 0 Å². The Morgan fingerprint density at radius 3 is 3.05 bits per heavy atom. The number of halogens is 2. The number of carbonyl (C=O) groups excluding carboxylic acids is 1. The molecule has 0 aromatic heterocycles. The van der Waals surface area contributed by atoms with E-state index in [0.717, 1.165) is 32.6 Å². The molecule has 0 unspecified atom stereocenters. The zero-order valence-corrected chi connectivity index (χ0v) is 12.0. The Kier molecular flexibility index (Phi) is 5.61. The van der Waals surface area contributed by atoms with Gasteiger partial charge in [-0.15, -0.1) is 0 Å². The lowest BCUT2D eigenvalue weighted by atomic mass is 10.3. The first-order chi connectivity index (χ1) is 9.66. The van der Waals surface area contributed by atoms with Crippen LogP contribution in [0.15, 0.2) is 18.2 Å². The van der Waals surface area contributed by atoms with Crippen molar-refractivity contribution in [3.8, 4) is 5.75 Å². The first-order valence-electron chi connectivity index (χ1n) is 6.73. The van der Waals surface area contributed by atoms with E-state index < -0.39 is 5.82 Å². The van der Waals surface area contributed by atoms with E-state index in [1.165, 1.54) is 18.2 Å². The molecule has 0 saturated carbocycles. The van der Waals surface area contributed by atoms with Crippen molar-refractivity contribution in [2.75, 3.05) is 32.8 Å². The number of hydrogen-bond donors (Lipinski definition) is 1. The zero-order chi connectivity index (χ0) is 14.4. The van der Waals surface area contributed by atoms with Crippen LogP contribution in [0.5, 0.6) is 5.75 Å². The molecule has 0 aliphatic carbocycles. The Bertz CT molecular complexity index is 462. The summed E-state index contributed by atoms with van der Waals surface area (Å²) in [7, 11) is 0. The Balaban J connectivity index is 1.78. The van der Waals surface area contributed by atoms with Gasteiger partial charge in [0.2, 0.25) is 5.91 Å². The summed E-state index contributed by atoms with van der Waals surface area (Å²) in [5.74, 6) is 0.0702. The molecule has 1 saturated heterocycles. The van der Waals surface area contributed by atoms with Crippen LogP contribution in [0.25, 0.3) is 0 Å². The van der Waals surface area contributed by atoms with E-state index in [1.807, 2.05) is 4.90 Å². The van der Waals surface area contributed by atoms with Gasteiger partial charge in [-0.1, -0.05) is 11.6 Å². The summed E-state index contributed by atoms with van der Waals surface area (Å²) in [4.78, 5) is 13.8. The van der Waals surface area contributed by atoms with Crippen LogP contribution in [0, 0.1) is 5.82 Å². The van der Waals surface area contributed by atoms with Crippen LogP contribution < -0.4 is 10.1 Å². The number of nitrogens with one attached hydrogen (secondary N) is 1. The fraction of sp³-hybridized carbons (Fsp3) is 0.500. The molecule has 6 heteroatoms. The minimum absolute atomic E-state index is 0.0759. The van der Waals surface area contributed by atoms with E-state index in [-0.39, 0.29) is 17.5 Å². The van der Waals surface area contributed by atoms with Crippen LogP contribution in [0.3, 0.4) is 0 Å². The van der Waals surface area contributed by atoms with Crippen molar-refractivity contribution < 1.29 is 13.9 Å². The van der Waals surface area contributed by atoms with Gasteiger partial charge in [-0.05, 0) is 31.2 Å². The lowest BCUT2D eigenvalue weighted by molar-refractivity contribution is -0.131. The second-order valence-corrected chi connectivity index (χ2v) is 5.06. The van der Waals surface area contributed by atoms with Crippen LogP contribution in [0.4, 0.5) is 4.39 Å². The minimum Gasteiger partial charge on any atom is -0.491 e. The Morgan fingerprint density at radius 2 is 2.25 bits per heavy atom. The summed E-state index contributed by atoms with van der Waals surface area (Å²) in [6, 6.07) is 3.95. The summed E-state index contributed by atoms with van der Waals surface area (Å²) in [6.07, 6.45) is 1.27. The van der Waals surface area contributed by atoms with Gasteiger partial charge in [-0.2, -0.15) is 0 Å². The molecule has 20 heavy (non-hydrogen) atoms. The van der Waals surface area contributed by atoms with Crippen molar-refractivity contribution in [2.45, 2.75) is 12.8 Å². The Labute approximate surface area is 122 Å². The van der Waals surface area contributed by atoms with Crippen molar-refractivity contribution >= 4 is 17.5 Å². The number of nitrogens with zero attached hydrogens (tertiary/aromatic N) is 1. The van der Waals surface area contributed by atoms with Gasteiger partial charge in [0.1, 0.15) is 11.6 Å². The molecular formula is C14H18ClFN2O2. The van der Waals surface area contributed by atoms with Gasteiger partial charge < -0.3 is 15.0 Å². The fourth-order valence-electron chi connectivity index (χ4n) is 2.09. The highest BCUT2D eigenvalue weighted by molar-refractivity contribution is 6.32. The third-order valence-electron chi connectivity index (χ3n) is 3.16. The van der Waals surface area contributed by atoms with Crippen LogP contribution in [-0.4, -0.2) is 43.6 Å². The third-order valence-corrected chi connectivity index (χ3v) is 3.46. The first kappa shape index (κ1) is 15.1. The van der Waals surface area contributed by atoms with E-state index in [9.17, 15) is 9.18 Å². The molecular weight excluding hydrogens is 283 g/mol. The number of benzene rings is 1. The van der Waals surface area contributed by atoms with Crippen molar-refractivity contribution in [2.24, 2.45) is 0 Å². The molecule has 0 atom stereocenters. The van der Waals surface area contributed by atoms with E-state index in [4.69, 9.17) is 16.3 Å². The number of carbonyl (C=O) groups is 1. The number of rotatable bonds is 4. The lowest BCUT2D eigenvalue weighted by Crippen LogP contribution is -2.34. The number of amides is 1. The number of hydrogen-bond acceptors (Lipinski definition) is 3. The fourth-order valence-corrected chi connectivity index (χ4v) is 2.32. The van der Waals surface area contributed by atoms with Gasteiger partial charge in [0.15, 0.2) is 0 Å². The van der Waals surface area contributed by atoms with Gasteiger partial charge in [-0.25, -0.2) is 4.39 Å². The molecule has 1 aliphatic heterocycles. The van der Waals surface area contributed by atoms with Gasteiger partial charge in [0, 0.05) is 19.6 Å². The summed E-state index contributed by atoms with van der Waals surface area (Å²) in [5.41, 5.74) is 0. The maximum Gasteiger partial charge on any atom is 0.226 e. The highest BCUT2D eigenvalue weighted by atomic mass is 35.5. The predicted octanol–water partition coefficient (Wildman–Crippen LogP) is 2.07. The second-order valence-electron chi connectivity index (χ2n) is 4.66. The monoisotopic (exact) mass is 300 g/mol. The van der Waals surface area contributed by atoms with Gasteiger partial charge in [-0.3, -0.25) is 4.79 Å². The summed E-state index contributed by atoms with van der Waals surface area (Å²) < 4.78 is 18.3. The molecule has 1 N–H and O–H groups in total. The molecule has 1 aromatic rings. The van der Waals surface area contributed by atoms with E-state index in [1.54, 1.807) is 0 Å². The molecule has 1 aromatic carbocycles. The first-order valence-corrected chi connectivity index (χ1v) is 7.11. The molecule has 1 aliphatic rings. The second kappa shape index (κ2) is 7.45. The molecule has 0 bridgehead atoms. The van der Waals surface area contributed by atoms with Crippen molar-refractivity contribution in [1.82, 2.24) is 10.2 Å². The highest BCUT2D eigenvalue weighted by Gasteiger charge is 2.15. The molecule has 4 nitrogen and oxygen atoms in total. The topological polar surface area (TPSA) is 41.6 Å². The SMILES string of the molecule is O=C(CCOc1ccc(F)cc1Cl)N1CCCNCC1. The summed E-state index contributed by atoms with van der Waals surface area (Å²) in [6.45, 7) is 3.54. The lowest BCUT2D eigenvalue weighted by Gasteiger charge is -2.20. The quantitative estimate of drug-likeness (QED) is 0.925. The average molecular weight is 301 g/mol. The third kappa shape index (κ3) is 4.35. The normalized spacial score (nSPS) is 15.8. The Hall–Kier alpha value is -1.33. The van der Waals surface area contributed by atoms with Gasteiger partial charge >= 0.3 is 0 Å². The summed E-state index contributed by atoms with van der Waals surface area (Å²) >= 11 is 5.85. The number of ether oxygens (including phenoxy) is 1. The van der Waals surface area contributed by atoms with Gasteiger partial charge in [0.05, 0.1) is 18.1 Å². The maximum atomic E-state index is 12.9. The molecule has 0 spiro atoms. The standard InChI is InChI=1S/C14H18ClFN2O2/c15-12-10-11(16)2-3-13(12)20-9-4-14(19)18-7-1-5-17-6-8-18/h2-3,10,17H,1,4-9H2. The van der Waals surface area contributed by atoms with Crippen LogP contribution >= 0.6 is 11.6 Å². The zero-order valence-electron chi connectivity index (χ0n) is 11.2. The smallest absolute Gasteiger partial charge is 0.226 e. The largest absolute Gasteiger partial charge is 0.491 e. The van der Waals surface area contributed by atoms with Crippen molar-refractivity contribution in [3.63, 3.8) is 0 Å². The molecule has 1 heterocycles. The van der Waals surface area contributed by atoms with Gasteiger partial charge in [0.25, 0.3) is 0 Å². The molecule has 2 rings (SSSR count). The highest BCUT2D eigenvalue weighted by Crippen LogP contribution is 2.24. The van der Waals surface area contributed by atoms with E-state index in [2.05, 4.69) is 5.32 Å². The predicted molar refractivity (Wildman–Crippen MR) is 75.6 cm³/mol. The van der Waals surface area contributed by atoms with Crippen LogP contribution in [-0.2, 0) is 4.79 Å². The Morgan fingerprint density at radius 1 is 1.40 bits per heavy atom. The molecule has 0 radical (unpaired) electrons. The van der Waals surface area contributed by atoms with Crippen molar-refractivity contribution in [3.05, 3.63) is 29.0 Å². The minimum atomic E-state index is -0.407. The molecule has 110 valence electrons.